The molecule has 3 aromatic rings. The van der Waals surface area contributed by atoms with Gasteiger partial charge in [0.05, 0.1) is 23.6 Å². The summed E-state index contributed by atoms with van der Waals surface area (Å²) in [7, 11) is 0. The second-order valence-electron chi connectivity index (χ2n) is 11.7. The van der Waals surface area contributed by atoms with E-state index in [2.05, 4.69) is 15.5 Å². The zero-order valence-corrected chi connectivity index (χ0v) is 23.0. The first-order valence-electron chi connectivity index (χ1n) is 14.3. The summed E-state index contributed by atoms with van der Waals surface area (Å²) < 4.78 is 42.7. The van der Waals surface area contributed by atoms with Crippen LogP contribution in [0.1, 0.15) is 73.4 Å². The number of carbonyl (C=O) groups excluding carboxylic acids is 2. The summed E-state index contributed by atoms with van der Waals surface area (Å²) in [5.41, 5.74) is -0.312. The molecule has 14 heteroatoms. The molecular weight excluding hydrogens is 555 g/mol. The topological polar surface area (TPSA) is 144 Å². The fourth-order valence-electron chi connectivity index (χ4n) is 6.31. The molecule has 0 bridgehead atoms. The van der Waals surface area contributed by atoms with Crippen molar-refractivity contribution in [3.05, 3.63) is 47.7 Å². The number of halogens is 3. The lowest BCUT2D eigenvalue weighted by Gasteiger charge is -2.36. The third-order valence-electron chi connectivity index (χ3n) is 8.85. The monoisotopic (exact) mass is 587 g/mol. The minimum atomic E-state index is -4.66. The van der Waals surface area contributed by atoms with Crippen LogP contribution >= 0.6 is 0 Å². The normalized spacial score (nSPS) is 23.6. The minimum Gasteiger partial charge on any atom is -0.480 e. The van der Waals surface area contributed by atoms with E-state index in [0.29, 0.717) is 35.4 Å². The second kappa shape index (κ2) is 10.4. The van der Waals surface area contributed by atoms with Crippen molar-refractivity contribution in [3.63, 3.8) is 0 Å². The van der Waals surface area contributed by atoms with Crippen molar-refractivity contribution < 1.29 is 32.7 Å². The van der Waals surface area contributed by atoms with E-state index in [0.717, 1.165) is 25.7 Å². The molecule has 0 aromatic carbocycles. The quantitative estimate of drug-likeness (QED) is 0.309. The number of imidazole rings is 1. The molecular formula is C28H32F3N7O4. The average Bonchev–Trinajstić information content (AvgIpc) is 3.87. The van der Waals surface area contributed by atoms with Crippen LogP contribution in [0.25, 0.3) is 5.65 Å². The van der Waals surface area contributed by atoms with Crippen molar-refractivity contribution in [3.8, 4) is 0 Å². The van der Waals surface area contributed by atoms with E-state index in [-0.39, 0.29) is 30.0 Å². The molecule has 1 aliphatic heterocycles. The van der Waals surface area contributed by atoms with E-state index in [1.807, 2.05) is 12.2 Å². The van der Waals surface area contributed by atoms with Crippen molar-refractivity contribution in [2.45, 2.75) is 76.7 Å². The van der Waals surface area contributed by atoms with Crippen molar-refractivity contribution in [2.24, 2.45) is 23.2 Å². The summed E-state index contributed by atoms with van der Waals surface area (Å²) >= 11 is 0. The van der Waals surface area contributed by atoms with Gasteiger partial charge in [-0.25, -0.2) is 9.50 Å². The molecule has 224 valence electrons. The summed E-state index contributed by atoms with van der Waals surface area (Å²) in [5, 5.41) is 23.7. The SMILES string of the molecule is CCn1nccc1C(=O)N[C@H](c1cn2nc(CC3(C(=O)O)CCC(C(F)(F)F)NC3=O)ccc2n1)C(C1CC1)C1CC1. The van der Waals surface area contributed by atoms with Crippen molar-refractivity contribution in [1.82, 2.24) is 35.0 Å². The number of aryl methyl sites for hydroxylation is 1. The molecule has 3 aliphatic rings. The van der Waals surface area contributed by atoms with Crippen LogP contribution < -0.4 is 10.6 Å². The molecule has 1 saturated heterocycles. The molecule has 2 amide bonds. The summed E-state index contributed by atoms with van der Waals surface area (Å²) in [6, 6.07) is 2.38. The molecule has 0 spiro atoms. The number of rotatable bonds is 10. The molecule has 4 heterocycles. The number of amides is 2. The van der Waals surface area contributed by atoms with Gasteiger partial charge in [-0.15, -0.1) is 0 Å². The standard InChI is InChI=1S/C28H32F3N7O4/c1-2-37-19(10-12-32-37)24(39)35-23(22(15-3-4-15)16-5-6-16)18-14-38-21(33-18)8-7-17(36-38)13-27(26(41)42)11-9-20(28(29,30)31)34-25(27)40/h7-8,10,12,14-16,20,22-23H,2-6,9,11,13H2,1H3,(H,34,40)(H,35,39)(H,41,42)/t20?,23-,27?/m1/s1. The maximum atomic E-state index is 13.4. The molecule has 3 fully saturated rings. The van der Waals surface area contributed by atoms with Gasteiger partial charge in [0.2, 0.25) is 5.91 Å². The fraction of sp³-hybridized carbons (Fsp3) is 0.571. The number of carboxylic acids is 1. The predicted octanol–water partition coefficient (Wildman–Crippen LogP) is 3.31. The number of nitrogens with one attached hydrogen (secondary N) is 2. The Morgan fingerprint density at radius 1 is 1.17 bits per heavy atom. The Labute approximate surface area is 238 Å². The first-order chi connectivity index (χ1) is 20.0. The number of hydrogen-bond donors (Lipinski definition) is 3. The van der Waals surface area contributed by atoms with E-state index in [1.54, 1.807) is 29.2 Å². The molecule has 3 atom stereocenters. The first kappa shape index (κ1) is 28.2. The van der Waals surface area contributed by atoms with Crippen molar-refractivity contribution >= 4 is 23.4 Å². The Hall–Kier alpha value is -3.97. The van der Waals surface area contributed by atoms with Gasteiger partial charge in [-0.3, -0.25) is 19.1 Å². The highest BCUT2D eigenvalue weighted by molar-refractivity contribution is 6.02. The largest absolute Gasteiger partial charge is 0.480 e. The third-order valence-corrected chi connectivity index (χ3v) is 8.85. The number of piperidine rings is 1. The molecule has 42 heavy (non-hydrogen) atoms. The first-order valence-corrected chi connectivity index (χ1v) is 14.3. The molecule has 6 rings (SSSR count). The molecule has 11 nitrogen and oxygen atoms in total. The summed E-state index contributed by atoms with van der Waals surface area (Å²) in [5.74, 6) is -1.76. The summed E-state index contributed by atoms with van der Waals surface area (Å²) in [4.78, 5) is 43.1. The number of carbonyl (C=O) groups is 3. The van der Waals surface area contributed by atoms with Gasteiger partial charge < -0.3 is 15.7 Å². The minimum absolute atomic E-state index is 0.208. The number of hydrogen-bond acceptors (Lipinski definition) is 6. The Morgan fingerprint density at radius 2 is 1.88 bits per heavy atom. The predicted molar refractivity (Wildman–Crippen MR) is 141 cm³/mol. The Morgan fingerprint density at radius 3 is 2.48 bits per heavy atom. The lowest BCUT2D eigenvalue weighted by atomic mass is 9.74. The van der Waals surface area contributed by atoms with Crippen molar-refractivity contribution in [2.75, 3.05) is 0 Å². The number of aromatic nitrogens is 5. The Bertz CT molecular complexity index is 1510. The van der Waals surface area contributed by atoms with E-state index in [1.165, 1.54) is 10.6 Å². The van der Waals surface area contributed by atoms with Crippen LogP contribution in [-0.2, 0) is 22.6 Å². The van der Waals surface area contributed by atoms with Gasteiger partial charge >= 0.3 is 12.1 Å². The molecule has 3 aromatic heterocycles. The molecule has 2 aliphatic carbocycles. The van der Waals surface area contributed by atoms with Crippen LogP contribution in [0, 0.1) is 23.2 Å². The van der Waals surface area contributed by atoms with Gasteiger partial charge in [0, 0.05) is 19.2 Å². The average molecular weight is 588 g/mol. The van der Waals surface area contributed by atoms with Gasteiger partial charge in [-0.2, -0.15) is 23.4 Å². The number of carboxylic acid groups (broad SMARTS) is 1. The highest BCUT2D eigenvalue weighted by Crippen LogP contribution is 2.54. The van der Waals surface area contributed by atoms with Crippen LogP contribution in [0.2, 0.25) is 0 Å². The summed E-state index contributed by atoms with van der Waals surface area (Å²) in [6.45, 7) is 2.45. The highest BCUT2D eigenvalue weighted by Gasteiger charge is 2.55. The smallest absolute Gasteiger partial charge is 0.408 e. The number of alkyl halides is 3. The van der Waals surface area contributed by atoms with Gasteiger partial charge in [-0.1, -0.05) is 0 Å². The van der Waals surface area contributed by atoms with Gasteiger partial charge in [0.15, 0.2) is 11.1 Å². The number of aliphatic carboxylic acids is 1. The van der Waals surface area contributed by atoms with Crippen LogP contribution in [-0.4, -0.2) is 59.5 Å². The maximum absolute atomic E-state index is 13.4. The zero-order chi connectivity index (χ0) is 29.8. The lowest BCUT2D eigenvalue weighted by Crippen LogP contribution is -2.59. The lowest BCUT2D eigenvalue weighted by molar-refractivity contribution is -0.180. The maximum Gasteiger partial charge on any atom is 0.408 e. The summed E-state index contributed by atoms with van der Waals surface area (Å²) in [6.07, 6.45) is 1.59. The van der Waals surface area contributed by atoms with Gasteiger partial charge in [-0.05, 0) is 81.4 Å². The molecule has 0 radical (unpaired) electrons. The van der Waals surface area contributed by atoms with E-state index < -0.39 is 42.4 Å². The van der Waals surface area contributed by atoms with Crippen LogP contribution in [0.15, 0.2) is 30.6 Å². The zero-order valence-electron chi connectivity index (χ0n) is 23.0. The fourth-order valence-corrected chi connectivity index (χ4v) is 6.31. The van der Waals surface area contributed by atoms with Crippen LogP contribution in [0.3, 0.4) is 0 Å². The van der Waals surface area contributed by atoms with E-state index in [4.69, 9.17) is 4.98 Å². The van der Waals surface area contributed by atoms with E-state index in [9.17, 15) is 32.7 Å². The number of nitrogens with zero attached hydrogens (tertiary/aromatic N) is 5. The van der Waals surface area contributed by atoms with Crippen LogP contribution in [0.4, 0.5) is 13.2 Å². The van der Waals surface area contributed by atoms with Gasteiger partial charge in [0.25, 0.3) is 5.91 Å². The number of fused-ring (bicyclic) bond motifs is 1. The highest BCUT2D eigenvalue weighted by atomic mass is 19.4. The molecule has 2 saturated carbocycles. The Kier molecular flexibility index (Phi) is 6.97. The van der Waals surface area contributed by atoms with Crippen molar-refractivity contribution in [1.29, 1.82) is 0 Å². The second-order valence-corrected chi connectivity index (χ2v) is 11.7. The third kappa shape index (κ3) is 5.22. The van der Waals surface area contributed by atoms with Gasteiger partial charge in [0.1, 0.15) is 11.7 Å². The molecule has 2 unspecified atom stereocenters. The van der Waals surface area contributed by atoms with E-state index >= 15 is 0 Å². The van der Waals surface area contributed by atoms with Crippen LogP contribution in [0.5, 0.6) is 0 Å². The molecule has 3 N–H and O–H groups in total. The Balaban J connectivity index is 1.29.